The number of benzene rings is 1. The summed E-state index contributed by atoms with van der Waals surface area (Å²) in [6, 6.07) is 8.26. The lowest BCUT2D eigenvalue weighted by Crippen LogP contribution is -2.31. The van der Waals surface area contributed by atoms with E-state index in [0.717, 1.165) is 18.5 Å². The smallest absolute Gasteiger partial charge is 0.311 e. The van der Waals surface area contributed by atoms with Gasteiger partial charge in [-0.3, -0.25) is 4.79 Å². The number of hydrogen-bond acceptors (Lipinski definition) is 3. The fourth-order valence-corrected chi connectivity index (χ4v) is 6.32. The van der Waals surface area contributed by atoms with Gasteiger partial charge in [-0.15, -0.1) is 0 Å². The molecule has 1 aromatic carbocycles. The van der Waals surface area contributed by atoms with Crippen LogP contribution in [0.1, 0.15) is 179 Å². The first kappa shape index (κ1) is 35.7. The van der Waals surface area contributed by atoms with Gasteiger partial charge in [0.25, 0.3) is 0 Å². The molecule has 41 heavy (non-hydrogen) atoms. The van der Waals surface area contributed by atoms with Crippen molar-refractivity contribution < 1.29 is 9.53 Å². The standard InChI is InChI=1S/C38H67NO2/c1-2-3-4-5-6-7-8-9-10-11-12-13-14-15-16-17-18-19-20-21-22-23-24-25-26-29-32-41-38(40)36-33-35-30-27-28-31-37(35)39-34-36/h27-28,30-31,36,39H,2-26,29,32-34H2,1H3. The maximum Gasteiger partial charge on any atom is 0.311 e. The van der Waals surface area contributed by atoms with Gasteiger partial charge in [-0.1, -0.05) is 186 Å². The normalized spacial score (nSPS) is 14.5. The van der Waals surface area contributed by atoms with Crippen LogP contribution in [-0.4, -0.2) is 19.1 Å². The third kappa shape index (κ3) is 19.3. The molecule has 1 aliphatic heterocycles. The Bertz CT molecular complexity index is 733. The van der Waals surface area contributed by atoms with E-state index in [-0.39, 0.29) is 11.9 Å². The van der Waals surface area contributed by atoms with Crippen molar-refractivity contribution in [3.05, 3.63) is 29.8 Å². The Morgan fingerprint density at radius 1 is 0.610 bits per heavy atom. The van der Waals surface area contributed by atoms with Gasteiger partial charge in [-0.05, 0) is 24.5 Å². The minimum absolute atomic E-state index is 0.0356. The number of carbonyl (C=O) groups excluding carboxylic acids is 1. The van der Waals surface area contributed by atoms with Gasteiger partial charge in [-0.2, -0.15) is 0 Å². The minimum Gasteiger partial charge on any atom is -0.465 e. The molecule has 0 amide bonds. The Kier molecular flexibility index (Phi) is 22.8. The zero-order valence-electron chi connectivity index (χ0n) is 27.2. The number of unbranched alkanes of at least 4 members (excludes halogenated alkanes) is 25. The number of carbonyl (C=O) groups is 1. The molecule has 3 nitrogen and oxygen atoms in total. The summed E-state index contributed by atoms with van der Waals surface area (Å²) in [5.41, 5.74) is 2.38. The number of nitrogens with one attached hydrogen (secondary N) is 1. The Hall–Kier alpha value is -1.51. The van der Waals surface area contributed by atoms with Crippen LogP contribution in [0, 0.1) is 5.92 Å². The van der Waals surface area contributed by atoms with Crippen LogP contribution in [0.15, 0.2) is 24.3 Å². The first-order valence-corrected chi connectivity index (χ1v) is 18.3. The minimum atomic E-state index is -0.0473. The molecule has 0 saturated heterocycles. The number of anilines is 1. The van der Waals surface area contributed by atoms with Gasteiger partial charge < -0.3 is 10.1 Å². The number of esters is 1. The highest BCUT2D eigenvalue weighted by Crippen LogP contribution is 2.25. The van der Waals surface area contributed by atoms with E-state index in [0.29, 0.717) is 13.2 Å². The van der Waals surface area contributed by atoms with Gasteiger partial charge in [0.1, 0.15) is 0 Å². The number of rotatable bonds is 28. The van der Waals surface area contributed by atoms with Crippen LogP contribution in [0.5, 0.6) is 0 Å². The monoisotopic (exact) mass is 570 g/mol. The molecule has 1 aromatic rings. The first-order valence-electron chi connectivity index (χ1n) is 18.3. The van der Waals surface area contributed by atoms with Crippen LogP contribution in [0.3, 0.4) is 0 Å². The van der Waals surface area contributed by atoms with Gasteiger partial charge in [0.05, 0.1) is 12.5 Å². The van der Waals surface area contributed by atoms with E-state index in [1.165, 1.54) is 166 Å². The van der Waals surface area contributed by atoms with Gasteiger partial charge >= 0.3 is 5.97 Å². The van der Waals surface area contributed by atoms with Crippen LogP contribution in [0.25, 0.3) is 0 Å². The third-order valence-electron chi connectivity index (χ3n) is 9.10. The van der Waals surface area contributed by atoms with Crippen molar-refractivity contribution in [2.24, 2.45) is 5.92 Å². The lowest BCUT2D eigenvalue weighted by molar-refractivity contribution is -0.148. The van der Waals surface area contributed by atoms with Crippen molar-refractivity contribution in [3.63, 3.8) is 0 Å². The van der Waals surface area contributed by atoms with E-state index in [9.17, 15) is 4.79 Å². The Balaban J connectivity index is 1.21. The van der Waals surface area contributed by atoms with Crippen molar-refractivity contribution in [3.8, 4) is 0 Å². The zero-order chi connectivity index (χ0) is 29.1. The highest BCUT2D eigenvalue weighted by atomic mass is 16.5. The molecule has 3 heteroatoms. The second-order valence-electron chi connectivity index (χ2n) is 12.9. The molecule has 1 unspecified atom stereocenters. The third-order valence-corrected chi connectivity index (χ3v) is 9.10. The van der Waals surface area contributed by atoms with Crippen LogP contribution in [0.2, 0.25) is 0 Å². The van der Waals surface area contributed by atoms with E-state index < -0.39 is 0 Å². The molecular weight excluding hydrogens is 502 g/mol. The van der Waals surface area contributed by atoms with Crippen molar-refractivity contribution in [2.45, 2.75) is 180 Å². The van der Waals surface area contributed by atoms with Crippen molar-refractivity contribution >= 4 is 11.7 Å². The molecule has 0 saturated carbocycles. The number of fused-ring (bicyclic) bond motifs is 1. The van der Waals surface area contributed by atoms with Crippen LogP contribution in [-0.2, 0) is 16.0 Å². The van der Waals surface area contributed by atoms with Crippen molar-refractivity contribution in [1.82, 2.24) is 0 Å². The fourth-order valence-electron chi connectivity index (χ4n) is 6.32. The van der Waals surface area contributed by atoms with E-state index in [1.54, 1.807) is 0 Å². The SMILES string of the molecule is CCCCCCCCCCCCCCCCCCCCCCCCCCCCOC(=O)C1CNc2ccccc2C1. The summed E-state index contributed by atoms with van der Waals surface area (Å²) in [6.45, 7) is 3.57. The quantitative estimate of drug-likeness (QED) is 0.0805. The maximum atomic E-state index is 12.4. The lowest BCUT2D eigenvalue weighted by atomic mass is 9.94. The molecule has 0 aromatic heterocycles. The Morgan fingerprint density at radius 2 is 1.00 bits per heavy atom. The average Bonchev–Trinajstić information content (AvgIpc) is 3.00. The summed E-state index contributed by atoms with van der Waals surface area (Å²) in [5, 5.41) is 3.36. The highest BCUT2D eigenvalue weighted by Gasteiger charge is 2.25. The van der Waals surface area contributed by atoms with Crippen molar-refractivity contribution in [2.75, 3.05) is 18.5 Å². The molecule has 0 bridgehead atoms. The van der Waals surface area contributed by atoms with Gasteiger partial charge in [0.2, 0.25) is 0 Å². The average molecular weight is 570 g/mol. The Morgan fingerprint density at radius 3 is 1.44 bits per heavy atom. The molecule has 0 fully saturated rings. The summed E-state index contributed by atoms with van der Waals surface area (Å²) in [6.07, 6.45) is 37.4. The highest BCUT2D eigenvalue weighted by molar-refractivity contribution is 5.75. The summed E-state index contributed by atoms with van der Waals surface area (Å²) < 4.78 is 5.57. The van der Waals surface area contributed by atoms with Crippen LogP contribution < -0.4 is 5.32 Å². The number of ether oxygens (including phenoxy) is 1. The molecular formula is C38H67NO2. The molecule has 1 aliphatic rings. The predicted molar refractivity (Wildman–Crippen MR) is 179 cm³/mol. The van der Waals surface area contributed by atoms with Gasteiger partial charge in [0, 0.05) is 12.2 Å². The lowest BCUT2D eigenvalue weighted by Gasteiger charge is -2.24. The largest absolute Gasteiger partial charge is 0.465 e. The Labute approximate surface area is 255 Å². The van der Waals surface area contributed by atoms with Crippen LogP contribution in [0.4, 0.5) is 5.69 Å². The van der Waals surface area contributed by atoms with E-state index in [1.807, 2.05) is 12.1 Å². The molecule has 1 N–H and O–H groups in total. The summed E-state index contributed by atoms with van der Waals surface area (Å²) in [7, 11) is 0. The van der Waals surface area contributed by atoms with Crippen molar-refractivity contribution in [1.29, 1.82) is 0 Å². The molecule has 1 atom stereocenters. The maximum absolute atomic E-state index is 12.4. The summed E-state index contributed by atoms with van der Waals surface area (Å²) in [4.78, 5) is 12.4. The second kappa shape index (κ2) is 26.1. The van der Waals surface area contributed by atoms with Gasteiger partial charge in [0.15, 0.2) is 0 Å². The zero-order valence-corrected chi connectivity index (χ0v) is 27.2. The summed E-state index contributed by atoms with van der Waals surface area (Å²) in [5.74, 6) is -0.0828. The molecule has 0 spiro atoms. The molecule has 2 rings (SSSR count). The van der Waals surface area contributed by atoms with E-state index in [4.69, 9.17) is 4.74 Å². The fraction of sp³-hybridized carbons (Fsp3) is 0.816. The predicted octanol–water partition coefficient (Wildman–Crippen LogP) is 12.0. The number of para-hydroxylation sites is 1. The topological polar surface area (TPSA) is 38.3 Å². The van der Waals surface area contributed by atoms with E-state index in [2.05, 4.69) is 24.4 Å². The number of hydrogen-bond donors (Lipinski definition) is 1. The molecule has 0 radical (unpaired) electrons. The van der Waals surface area contributed by atoms with Gasteiger partial charge in [-0.25, -0.2) is 0 Å². The second-order valence-corrected chi connectivity index (χ2v) is 12.9. The summed E-state index contributed by atoms with van der Waals surface area (Å²) >= 11 is 0. The molecule has 0 aliphatic carbocycles. The first-order chi connectivity index (χ1) is 20.3. The van der Waals surface area contributed by atoms with E-state index >= 15 is 0 Å². The molecule has 236 valence electrons. The molecule has 1 heterocycles. The van der Waals surface area contributed by atoms with Crippen LogP contribution >= 0.6 is 0 Å².